The number of carbonyl (C=O) groups is 2. The van der Waals surface area contributed by atoms with E-state index in [-0.39, 0.29) is 17.7 Å². The molecular weight excluding hydrogens is 464 g/mol. The van der Waals surface area contributed by atoms with Crippen LogP contribution >= 0.6 is 11.3 Å². The van der Waals surface area contributed by atoms with Gasteiger partial charge in [-0.05, 0) is 50.7 Å². The van der Waals surface area contributed by atoms with Crippen LogP contribution in [0.2, 0.25) is 0 Å². The maximum Gasteiger partial charge on any atom is 0.277 e. The molecule has 3 rings (SSSR count). The second kappa shape index (κ2) is 10.6. The van der Waals surface area contributed by atoms with Crippen LogP contribution in [0.1, 0.15) is 67.7 Å². The zero-order chi connectivity index (χ0) is 24.3. The third-order valence-electron chi connectivity index (χ3n) is 6.50. The summed E-state index contributed by atoms with van der Waals surface area (Å²) in [6.07, 6.45) is 6.31. The van der Waals surface area contributed by atoms with Gasteiger partial charge in [0.2, 0.25) is 5.91 Å². The maximum absolute atomic E-state index is 12.8. The number of hydrogen-bond acceptors (Lipinski definition) is 6. The fourth-order valence-corrected chi connectivity index (χ4v) is 6.58. The average molecular weight is 499 g/mol. The highest BCUT2D eigenvalue weighted by atomic mass is 32.2. The molecule has 1 aliphatic carbocycles. The van der Waals surface area contributed by atoms with Gasteiger partial charge in [0, 0.05) is 18.5 Å². The van der Waals surface area contributed by atoms with E-state index in [4.69, 9.17) is 16.6 Å². The summed E-state index contributed by atoms with van der Waals surface area (Å²) in [5.74, 6) is -0.541. The van der Waals surface area contributed by atoms with Gasteiger partial charge in [-0.3, -0.25) is 9.59 Å². The first-order valence-electron chi connectivity index (χ1n) is 11.3. The standard InChI is InChI=1S/C21H34N6O4S2/c1-13(22)21(29)27-12-6-9-15(27)20(28)25-19(23)17-11-10-16(32-17)18(26(2)33(24,30)31)14-7-4-3-5-8-14/h10-11,13-15,18H,3-9,12,22H2,1-2H3,(H2,23,25,28)(H2,24,30,31)/t13-,15-,18?/m0/s1. The fourth-order valence-electron chi connectivity index (χ4n) is 4.76. The van der Waals surface area contributed by atoms with Gasteiger partial charge in [0.1, 0.15) is 11.9 Å². The lowest BCUT2D eigenvalue weighted by Gasteiger charge is -2.34. The molecule has 6 N–H and O–H groups in total. The van der Waals surface area contributed by atoms with Crippen LogP contribution in [0, 0.1) is 5.92 Å². The van der Waals surface area contributed by atoms with Crippen molar-refractivity contribution in [3.8, 4) is 0 Å². The van der Waals surface area contributed by atoms with E-state index < -0.39 is 34.2 Å². The highest BCUT2D eigenvalue weighted by Gasteiger charge is 2.36. The Balaban J connectivity index is 1.82. The molecule has 184 valence electrons. The minimum Gasteiger partial charge on any atom is -0.382 e. The van der Waals surface area contributed by atoms with Crippen LogP contribution in [0.3, 0.4) is 0 Å². The number of nitrogens with two attached hydrogens (primary N) is 3. The summed E-state index contributed by atoms with van der Waals surface area (Å²) >= 11 is 1.31. The summed E-state index contributed by atoms with van der Waals surface area (Å²) < 4.78 is 25.5. The van der Waals surface area contributed by atoms with Crippen LogP contribution < -0.4 is 16.6 Å². The molecule has 2 heterocycles. The molecule has 0 radical (unpaired) electrons. The smallest absolute Gasteiger partial charge is 0.277 e. The molecule has 3 atom stereocenters. The molecule has 2 aliphatic rings. The Morgan fingerprint density at radius 3 is 2.45 bits per heavy atom. The summed E-state index contributed by atoms with van der Waals surface area (Å²) in [5, 5.41) is 5.45. The largest absolute Gasteiger partial charge is 0.382 e. The van der Waals surface area contributed by atoms with E-state index in [0.29, 0.717) is 24.3 Å². The summed E-state index contributed by atoms with van der Waals surface area (Å²) in [6.45, 7) is 2.06. The van der Waals surface area contributed by atoms with Crippen molar-refractivity contribution in [1.29, 1.82) is 0 Å². The number of aliphatic imine (C=N–C) groups is 1. The number of rotatable bonds is 7. The van der Waals surface area contributed by atoms with Gasteiger partial charge >= 0.3 is 0 Å². The van der Waals surface area contributed by atoms with Crippen molar-refractivity contribution in [1.82, 2.24) is 9.21 Å². The molecule has 2 amide bonds. The second-order valence-electron chi connectivity index (χ2n) is 8.92. The molecule has 1 aliphatic heterocycles. The van der Waals surface area contributed by atoms with Crippen molar-refractivity contribution in [3.05, 3.63) is 21.9 Å². The Kier molecular flexibility index (Phi) is 8.27. The Labute approximate surface area is 199 Å². The first-order valence-corrected chi connectivity index (χ1v) is 13.6. The Morgan fingerprint density at radius 2 is 1.85 bits per heavy atom. The van der Waals surface area contributed by atoms with Crippen LogP contribution in [0.15, 0.2) is 17.1 Å². The lowest BCUT2D eigenvalue weighted by atomic mass is 9.83. The van der Waals surface area contributed by atoms with E-state index in [2.05, 4.69) is 4.99 Å². The lowest BCUT2D eigenvalue weighted by Crippen LogP contribution is -2.47. The molecule has 1 aromatic rings. The van der Waals surface area contributed by atoms with Gasteiger partial charge < -0.3 is 16.4 Å². The van der Waals surface area contributed by atoms with E-state index >= 15 is 0 Å². The molecule has 0 aromatic carbocycles. The topological polar surface area (TPSA) is 165 Å². The molecule has 10 nitrogen and oxygen atoms in total. The predicted octanol–water partition coefficient (Wildman–Crippen LogP) is 1.07. The number of amidine groups is 1. The molecule has 0 bridgehead atoms. The highest BCUT2D eigenvalue weighted by Crippen LogP contribution is 2.41. The van der Waals surface area contributed by atoms with Crippen molar-refractivity contribution >= 4 is 39.2 Å². The van der Waals surface area contributed by atoms with Gasteiger partial charge in [-0.1, -0.05) is 19.3 Å². The van der Waals surface area contributed by atoms with E-state index in [1.807, 2.05) is 6.07 Å². The normalized spacial score (nSPS) is 22.5. The van der Waals surface area contributed by atoms with Gasteiger partial charge in [-0.15, -0.1) is 11.3 Å². The molecule has 12 heteroatoms. The van der Waals surface area contributed by atoms with Crippen molar-refractivity contribution in [2.24, 2.45) is 27.5 Å². The molecule has 1 saturated carbocycles. The van der Waals surface area contributed by atoms with E-state index in [1.54, 1.807) is 13.0 Å². The van der Waals surface area contributed by atoms with E-state index in [0.717, 1.165) is 37.0 Å². The van der Waals surface area contributed by atoms with Gasteiger partial charge in [0.25, 0.3) is 16.1 Å². The number of thiophene rings is 1. The number of nitrogens with zero attached hydrogens (tertiary/aromatic N) is 3. The van der Waals surface area contributed by atoms with Gasteiger partial charge in [0.15, 0.2) is 0 Å². The zero-order valence-corrected chi connectivity index (χ0v) is 20.8. The van der Waals surface area contributed by atoms with Crippen molar-refractivity contribution < 1.29 is 18.0 Å². The maximum atomic E-state index is 12.8. The lowest BCUT2D eigenvalue weighted by molar-refractivity contribution is -0.137. The number of hydrogen-bond donors (Lipinski definition) is 3. The quantitative estimate of drug-likeness (QED) is 0.376. The number of likely N-dealkylation sites (tertiary alicyclic amines) is 1. The van der Waals surface area contributed by atoms with Crippen molar-refractivity contribution in [2.75, 3.05) is 13.6 Å². The highest BCUT2D eigenvalue weighted by molar-refractivity contribution is 7.86. The SMILES string of the molecule is C[C@H](N)C(=O)N1CCC[C@H]1C(=O)N=C(N)c1ccc(C(C2CCCCC2)N(C)S(N)(=O)=O)s1. The molecular formula is C21H34N6O4S2. The summed E-state index contributed by atoms with van der Waals surface area (Å²) in [4.78, 5) is 32.0. The van der Waals surface area contributed by atoms with Crippen LogP contribution in [0.25, 0.3) is 0 Å². The molecule has 1 aromatic heterocycles. The number of carbonyl (C=O) groups excluding carboxylic acids is 2. The van der Waals surface area contributed by atoms with Crippen molar-refractivity contribution in [3.63, 3.8) is 0 Å². The third-order valence-corrected chi connectivity index (χ3v) is 8.71. The average Bonchev–Trinajstić information content (AvgIpc) is 3.43. The Hall–Kier alpha value is -1.86. The summed E-state index contributed by atoms with van der Waals surface area (Å²) in [6, 6.07) is 1.84. The molecule has 33 heavy (non-hydrogen) atoms. The van der Waals surface area contributed by atoms with Crippen LogP contribution in [0.5, 0.6) is 0 Å². The van der Waals surface area contributed by atoms with Crippen LogP contribution in [-0.4, -0.2) is 60.9 Å². The summed E-state index contributed by atoms with van der Waals surface area (Å²) in [7, 11) is -2.39. The Bertz CT molecular complexity index is 1000. The van der Waals surface area contributed by atoms with Gasteiger partial charge in [-0.25, -0.2) is 5.14 Å². The minimum atomic E-state index is -3.89. The van der Waals surface area contributed by atoms with Gasteiger partial charge in [-0.2, -0.15) is 17.7 Å². The van der Waals surface area contributed by atoms with E-state index in [1.165, 1.54) is 27.6 Å². The first-order chi connectivity index (χ1) is 15.5. The first kappa shape index (κ1) is 25.8. The fraction of sp³-hybridized carbons (Fsp3) is 0.667. The van der Waals surface area contributed by atoms with Crippen LogP contribution in [0.4, 0.5) is 0 Å². The van der Waals surface area contributed by atoms with Crippen LogP contribution in [-0.2, 0) is 19.8 Å². The van der Waals surface area contributed by atoms with Gasteiger partial charge in [0.05, 0.1) is 17.0 Å². The molecule has 1 unspecified atom stereocenters. The monoisotopic (exact) mass is 498 g/mol. The minimum absolute atomic E-state index is 0.0528. The summed E-state index contributed by atoms with van der Waals surface area (Å²) in [5.41, 5.74) is 11.9. The van der Waals surface area contributed by atoms with Crippen molar-refractivity contribution in [2.45, 2.75) is 70.0 Å². The molecule has 0 spiro atoms. The molecule has 1 saturated heterocycles. The van der Waals surface area contributed by atoms with E-state index in [9.17, 15) is 18.0 Å². The molecule has 2 fully saturated rings. The predicted molar refractivity (Wildman–Crippen MR) is 129 cm³/mol. The second-order valence-corrected chi connectivity index (χ2v) is 11.6. The number of amides is 2. The Morgan fingerprint density at radius 1 is 1.18 bits per heavy atom. The third kappa shape index (κ3) is 5.99. The zero-order valence-electron chi connectivity index (χ0n) is 19.1.